The molecule has 6 heteroatoms. The van der Waals surface area contributed by atoms with Gasteiger partial charge in [-0.1, -0.05) is 0 Å². The molecule has 96 valence electrons. The molecule has 2 aromatic rings. The summed E-state index contributed by atoms with van der Waals surface area (Å²) < 4.78 is 11.2. The molecule has 0 fully saturated rings. The predicted molar refractivity (Wildman–Crippen MR) is 72.5 cm³/mol. The molecule has 3 rings (SSSR count). The highest BCUT2D eigenvalue weighted by Crippen LogP contribution is 2.32. The van der Waals surface area contributed by atoms with Crippen LogP contribution in [0.3, 0.4) is 0 Å². The van der Waals surface area contributed by atoms with E-state index in [4.69, 9.17) is 9.47 Å². The number of nitrogens with one attached hydrogen (secondary N) is 1. The number of carbonyl (C=O) groups excluding carboxylic acids is 1. The maximum atomic E-state index is 12.1. The molecule has 0 bridgehead atoms. The molecule has 1 aliphatic heterocycles. The Morgan fingerprint density at radius 3 is 2.95 bits per heavy atom. The van der Waals surface area contributed by atoms with E-state index in [-0.39, 0.29) is 12.7 Å². The monoisotopic (exact) mass is 320 g/mol. The van der Waals surface area contributed by atoms with E-state index >= 15 is 0 Å². The van der Waals surface area contributed by atoms with Crippen molar-refractivity contribution in [2.45, 2.75) is 0 Å². The molecule has 1 amide bonds. The minimum absolute atomic E-state index is 0.191. The van der Waals surface area contributed by atoms with Crippen LogP contribution in [0.25, 0.3) is 0 Å². The summed E-state index contributed by atoms with van der Waals surface area (Å²) in [6.07, 6.45) is 3.23. The number of ether oxygens (including phenoxy) is 2. The molecule has 0 radical (unpaired) electrons. The number of pyridine rings is 1. The first-order valence-corrected chi connectivity index (χ1v) is 6.34. The number of carbonyl (C=O) groups is 1. The molecule has 0 spiro atoms. The first-order valence-electron chi connectivity index (χ1n) is 5.54. The lowest BCUT2D eigenvalue weighted by Gasteiger charge is -2.07. The summed E-state index contributed by atoms with van der Waals surface area (Å²) in [6.45, 7) is 0.191. The van der Waals surface area contributed by atoms with Crippen LogP contribution in [-0.2, 0) is 0 Å². The lowest BCUT2D eigenvalue weighted by molar-refractivity contribution is 0.102. The van der Waals surface area contributed by atoms with Crippen molar-refractivity contribution in [3.63, 3.8) is 0 Å². The second kappa shape index (κ2) is 4.89. The second-order valence-electron chi connectivity index (χ2n) is 3.88. The highest BCUT2D eigenvalue weighted by Gasteiger charge is 2.16. The smallest absolute Gasteiger partial charge is 0.255 e. The molecular weight excluding hydrogens is 312 g/mol. The minimum atomic E-state index is -0.217. The average Bonchev–Trinajstić information content (AvgIpc) is 2.88. The van der Waals surface area contributed by atoms with E-state index in [0.717, 1.165) is 4.47 Å². The molecule has 1 aliphatic rings. The maximum absolute atomic E-state index is 12.1. The number of nitrogens with zero attached hydrogens (tertiary/aromatic N) is 1. The van der Waals surface area contributed by atoms with Gasteiger partial charge in [-0.05, 0) is 40.2 Å². The zero-order chi connectivity index (χ0) is 13.2. The van der Waals surface area contributed by atoms with Gasteiger partial charge >= 0.3 is 0 Å². The van der Waals surface area contributed by atoms with Gasteiger partial charge in [-0.15, -0.1) is 0 Å². The van der Waals surface area contributed by atoms with E-state index in [9.17, 15) is 4.79 Å². The molecular formula is C13H9BrN2O3. The third-order valence-corrected chi connectivity index (χ3v) is 3.29. The zero-order valence-electron chi connectivity index (χ0n) is 9.72. The fourth-order valence-corrected chi connectivity index (χ4v) is 2.06. The van der Waals surface area contributed by atoms with Gasteiger partial charge in [0.05, 0.1) is 10.2 Å². The van der Waals surface area contributed by atoms with Gasteiger partial charge in [-0.3, -0.25) is 9.78 Å². The summed E-state index contributed by atoms with van der Waals surface area (Å²) in [5, 5.41) is 2.80. The molecule has 1 N–H and O–H groups in total. The number of halogens is 1. The highest BCUT2D eigenvalue weighted by atomic mass is 79.9. The number of rotatable bonds is 2. The van der Waals surface area contributed by atoms with E-state index in [1.165, 1.54) is 0 Å². The molecule has 0 saturated heterocycles. The van der Waals surface area contributed by atoms with Gasteiger partial charge in [0.1, 0.15) is 0 Å². The maximum Gasteiger partial charge on any atom is 0.255 e. The van der Waals surface area contributed by atoms with E-state index in [0.29, 0.717) is 22.7 Å². The SMILES string of the molecule is O=C(Nc1ccncc1Br)c1ccc2c(c1)OCO2. The lowest BCUT2D eigenvalue weighted by Crippen LogP contribution is -2.12. The van der Waals surface area contributed by atoms with Crippen LogP contribution in [0.1, 0.15) is 10.4 Å². The van der Waals surface area contributed by atoms with Crippen LogP contribution >= 0.6 is 15.9 Å². The van der Waals surface area contributed by atoms with Crippen LogP contribution in [0, 0.1) is 0 Å². The first kappa shape index (κ1) is 12.0. The molecule has 19 heavy (non-hydrogen) atoms. The standard InChI is InChI=1S/C13H9BrN2O3/c14-9-6-15-4-3-10(9)16-13(17)8-1-2-11-12(5-8)19-7-18-11/h1-6H,7H2,(H,15,16,17). The molecule has 1 aromatic heterocycles. The van der Waals surface area contributed by atoms with Crippen molar-refractivity contribution in [3.8, 4) is 11.5 Å². The fraction of sp³-hybridized carbons (Fsp3) is 0.0769. The number of fused-ring (bicyclic) bond motifs is 1. The Morgan fingerprint density at radius 2 is 2.11 bits per heavy atom. The van der Waals surface area contributed by atoms with Crippen LogP contribution < -0.4 is 14.8 Å². The quantitative estimate of drug-likeness (QED) is 0.924. The number of aromatic nitrogens is 1. The van der Waals surface area contributed by atoms with Gasteiger partial charge in [0.2, 0.25) is 6.79 Å². The minimum Gasteiger partial charge on any atom is -0.454 e. The van der Waals surface area contributed by atoms with Gasteiger partial charge in [0.25, 0.3) is 5.91 Å². The summed E-state index contributed by atoms with van der Waals surface area (Å²) >= 11 is 3.33. The topological polar surface area (TPSA) is 60.5 Å². The van der Waals surface area contributed by atoms with E-state index in [2.05, 4.69) is 26.2 Å². The van der Waals surface area contributed by atoms with Crippen LogP contribution in [0.4, 0.5) is 5.69 Å². The average molecular weight is 321 g/mol. The Balaban J connectivity index is 1.83. The summed E-state index contributed by atoms with van der Waals surface area (Å²) in [6, 6.07) is 6.79. The van der Waals surface area contributed by atoms with Gasteiger partial charge in [0, 0.05) is 18.0 Å². The van der Waals surface area contributed by atoms with Crippen molar-refractivity contribution in [2.75, 3.05) is 12.1 Å². The van der Waals surface area contributed by atoms with Crippen LogP contribution in [0.5, 0.6) is 11.5 Å². The van der Waals surface area contributed by atoms with E-state index in [1.54, 1.807) is 36.7 Å². The summed E-state index contributed by atoms with van der Waals surface area (Å²) in [7, 11) is 0. The summed E-state index contributed by atoms with van der Waals surface area (Å²) in [4.78, 5) is 16.1. The number of anilines is 1. The fourth-order valence-electron chi connectivity index (χ4n) is 1.71. The van der Waals surface area contributed by atoms with Crippen molar-refractivity contribution in [1.29, 1.82) is 0 Å². The lowest BCUT2D eigenvalue weighted by atomic mass is 10.2. The zero-order valence-corrected chi connectivity index (χ0v) is 11.3. The number of amides is 1. The normalized spacial score (nSPS) is 12.3. The Hall–Kier alpha value is -2.08. The predicted octanol–water partition coefficient (Wildman–Crippen LogP) is 2.83. The van der Waals surface area contributed by atoms with Crippen molar-refractivity contribution in [3.05, 3.63) is 46.7 Å². The first-order chi connectivity index (χ1) is 9.24. The van der Waals surface area contributed by atoms with E-state index < -0.39 is 0 Å². The molecule has 1 aromatic carbocycles. The highest BCUT2D eigenvalue weighted by molar-refractivity contribution is 9.10. The van der Waals surface area contributed by atoms with Gasteiger partial charge < -0.3 is 14.8 Å². The largest absolute Gasteiger partial charge is 0.454 e. The third-order valence-electron chi connectivity index (χ3n) is 2.66. The molecule has 0 saturated carbocycles. The van der Waals surface area contributed by atoms with Gasteiger partial charge in [0.15, 0.2) is 11.5 Å². The number of hydrogen-bond acceptors (Lipinski definition) is 4. The van der Waals surface area contributed by atoms with Gasteiger partial charge in [-0.25, -0.2) is 0 Å². The second-order valence-corrected chi connectivity index (χ2v) is 4.73. The Labute approximate surface area is 117 Å². The molecule has 0 atom stereocenters. The van der Waals surface area contributed by atoms with E-state index in [1.807, 2.05) is 0 Å². The third kappa shape index (κ3) is 2.39. The van der Waals surface area contributed by atoms with Crippen molar-refractivity contribution < 1.29 is 14.3 Å². The number of hydrogen-bond donors (Lipinski definition) is 1. The van der Waals surface area contributed by atoms with Crippen LogP contribution in [0.15, 0.2) is 41.1 Å². The molecule has 5 nitrogen and oxygen atoms in total. The Morgan fingerprint density at radius 1 is 1.26 bits per heavy atom. The van der Waals surface area contributed by atoms with Crippen molar-refractivity contribution >= 4 is 27.5 Å². The number of benzene rings is 1. The molecule has 2 heterocycles. The van der Waals surface area contributed by atoms with Gasteiger partial charge in [-0.2, -0.15) is 0 Å². The van der Waals surface area contributed by atoms with Crippen LogP contribution in [0.2, 0.25) is 0 Å². The Kier molecular flexibility index (Phi) is 3.08. The summed E-state index contributed by atoms with van der Waals surface area (Å²) in [5.41, 5.74) is 1.17. The van der Waals surface area contributed by atoms with Crippen LogP contribution in [-0.4, -0.2) is 17.7 Å². The van der Waals surface area contributed by atoms with Crippen molar-refractivity contribution in [1.82, 2.24) is 4.98 Å². The summed E-state index contributed by atoms with van der Waals surface area (Å²) in [5.74, 6) is 1.02. The molecule has 0 unspecified atom stereocenters. The van der Waals surface area contributed by atoms with Crippen molar-refractivity contribution in [2.24, 2.45) is 0 Å². The Bertz CT molecular complexity index is 646. The molecule has 0 aliphatic carbocycles.